The topological polar surface area (TPSA) is 258 Å². The summed E-state index contributed by atoms with van der Waals surface area (Å²) in [4.78, 5) is 121. The Morgan fingerprint density at radius 3 is 2.29 bits per heavy atom. The first-order valence-electron chi connectivity index (χ1n) is 19.7. The number of hydrogen-bond acceptors (Lipinski definition) is 13. The minimum Gasteiger partial charge on any atom is -0.477 e. The second kappa shape index (κ2) is 18.0. The molecule has 4 N–H and O–H groups in total. The first kappa shape index (κ1) is 43.9. The molecule has 1 unspecified atom stereocenters. The van der Waals surface area contributed by atoms with Crippen LogP contribution in [0.3, 0.4) is 0 Å². The van der Waals surface area contributed by atoms with Gasteiger partial charge in [0.25, 0.3) is 5.91 Å². The van der Waals surface area contributed by atoms with E-state index < -0.39 is 94.6 Å². The molecule has 0 spiro atoms. The molecule has 4 aliphatic heterocycles. The highest BCUT2D eigenvalue weighted by molar-refractivity contribution is 8.00. The van der Waals surface area contributed by atoms with Crippen molar-refractivity contribution in [3.63, 3.8) is 0 Å². The predicted molar refractivity (Wildman–Crippen MR) is 219 cm³/mol. The lowest BCUT2D eigenvalue weighted by atomic mass is 10.0. The maximum Gasteiger partial charge on any atom is 0.512 e. The number of hydrogen-bond donors (Lipinski definition) is 4. The Kier molecular flexibility index (Phi) is 12.6. The van der Waals surface area contributed by atoms with E-state index in [2.05, 4.69) is 10.6 Å². The molecular formula is C40H41FN8O13S. The normalized spacial score (nSPS) is 19.3. The maximum atomic E-state index is 15.4. The number of carbonyl (C=O) groups is 8. The van der Waals surface area contributed by atoms with Gasteiger partial charge in [0.15, 0.2) is 0 Å². The third-order valence-electron chi connectivity index (χ3n) is 11.0. The molecule has 7 amide bonds. The lowest BCUT2D eigenvalue weighted by Crippen LogP contribution is -2.71. The number of rotatable bonds is 11. The molecule has 1 aromatic heterocycles. The number of aryl methyl sites for hydroxylation is 1. The smallest absolute Gasteiger partial charge is 0.477 e. The van der Waals surface area contributed by atoms with Crippen molar-refractivity contribution in [3.8, 4) is 0 Å². The standard InChI is InChI=1S/C40H41FN8O13S/c1-3-44-14-15-48(34(54)33(44)53)38(57)43-28(21-8-6-5-7-9-21)31(51)42-29-32(52)49-35(62-40(59)60)22(20-63-36(29)49)19-61-39(58)47-12-10-46(11-13-47)27-17-26-23(16-25(27)41)30(50)24(37(55)56)18-45(26)4-2/h5-9,16-18,28-29,36H,3-4,10-15,19-20H2,1-2H3,(H,42,51)(H,43,57)(H,55,56)(H,59,60)/t28?,29-,36-/m1/s1. The van der Waals surface area contributed by atoms with Crippen LogP contribution in [0.2, 0.25) is 0 Å². The number of β-lactam (4-membered cyclic amide) rings is 1. The summed E-state index contributed by atoms with van der Waals surface area (Å²) in [5.74, 6) is -6.06. The van der Waals surface area contributed by atoms with E-state index >= 15 is 4.39 Å². The minimum absolute atomic E-state index is 0.0151. The highest BCUT2D eigenvalue weighted by Gasteiger charge is 2.55. The third-order valence-corrected chi connectivity index (χ3v) is 12.4. The number of carbonyl (C=O) groups excluding carboxylic acids is 6. The summed E-state index contributed by atoms with van der Waals surface area (Å²) in [5.41, 5.74) is -0.345. The van der Waals surface area contributed by atoms with Gasteiger partial charge < -0.3 is 49.6 Å². The number of piperazine rings is 2. The van der Waals surface area contributed by atoms with Crippen LogP contribution in [0.5, 0.6) is 0 Å². The summed E-state index contributed by atoms with van der Waals surface area (Å²) in [7, 11) is 0. The summed E-state index contributed by atoms with van der Waals surface area (Å²) >= 11 is 1.13. The van der Waals surface area contributed by atoms with Gasteiger partial charge in [0.1, 0.15) is 35.4 Å². The lowest BCUT2D eigenvalue weighted by molar-refractivity contribution is -0.153. The van der Waals surface area contributed by atoms with Gasteiger partial charge in [0, 0.05) is 75.3 Å². The summed E-state index contributed by atoms with van der Waals surface area (Å²) < 4.78 is 27.5. The fourth-order valence-corrected chi connectivity index (χ4v) is 8.99. The largest absolute Gasteiger partial charge is 0.512 e. The van der Waals surface area contributed by atoms with Crippen LogP contribution in [0.1, 0.15) is 35.8 Å². The zero-order valence-electron chi connectivity index (χ0n) is 33.8. The van der Waals surface area contributed by atoms with Gasteiger partial charge in [0.05, 0.1) is 11.2 Å². The molecule has 63 heavy (non-hydrogen) atoms. The highest BCUT2D eigenvalue weighted by atomic mass is 32.2. The second-order valence-electron chi connectivity index (χ2n) is 14.6. The number of urea groups is 1. The van der Waals surface area contributed by atoms with Crippen molar-refractivity contribution in [3.05, 3.63) is 87.3 Å². The number of amides is 7. The Bertz CT molecular complexity index is 2510. The third kappa shape index (κ3) is 8.54. The Morgan fingerprint density at radius 2 is 1.63 bits per heavy atom. The molecule has 7 rings (SSSR count). The number of carboxylic acids is 1. The molecule has 0 aliphatic carbocycles. The molecule has 2 aromatic carbocycles. The molecule has 0 bridgehead atoms. The first-order valence-corrected chi connectivity index (χ1v) is 20.8. The lowest BCUT2D eigenvalue weighted by Gasteiger charge is -2.49. The molecular weight excluding hydrogens is 852 g/mol. The van der Waals surface area contributed by atoms with Crippen LogP contribution >= 0.6 is 11.8 Å². The van der Waals surface area contributed by atoms with Crippen LogP contribution in [0.15, 0.2) is 64.9 Å². The number of pyridine rings is 1. The molecule has 0 saturated carbocycles. The average Bonchev–Trinajstić information content (AvgIpc) is 3.27. The molecule has 3 fully saturated rings. The molecule has 3 aromatic rings. The number of imide groups is 1. The van der Waals surface area contributed by atoms with Gasteiger partial charge in [-0.1, -0.05) is 30.3 Å². The first-order chi connectivity index (χ1) is 30.1. The summed E-state index contributed by atoms with van der Waals surface area (Å²) in [6.07, 6.45) is -1.32. The number of ether oxygens (including phenoxy) is 2. The van der Waals surface area contributed by atoms with Crippen molar-refractivity contribution in [2.45, 2.75) is 37.8 Å². The van der Waals surface area contributed by atoms with Gasteiger partial charge in [-0.25, -0.2) is 23.6 Å². The number of anilines is 1. The molecule has 23 heteroatoms. The predicted octanol–water partition coefficient (Wildman–Crippen LogP) is 1.57. The summed E-state index contributed by atoms with van der Waals surface area (Å²) in [6, 6.07) is 6.85. The Morgan fingerprint density at radius 1 is 0.921 bits per heavy atom. The number of carboxylic acid groups (broad SMARTS) is 2. The molecule has 5 heterocycles. The van der Waals surface area contributed by atoms with Gasteiger partial charge >= 0.3 is 36.1 Å². The van der Waals surface area contributed by atoms with Crippen molar-refractivity contribution in [1.29, 1.82) is 0 Å². The number of aromatic carboxylic acids is 1. The fraction of sp³-hybridized carbons (Fsp3) is 0.375. The number of likely N-dealkylation sites (N-methyl/N-ethyl adjacent to an activating group) is 1. The summed E-state index contributed by atoms with van der Waals surface area (Å²) in [5, 5.41) is 23.2. The van der Waals surface area contributed by atoms with Gasteiger partial charge in [-0.15, -0.1) is 11.8 Å². The summed E-state index contributed by atoms with van der Waals surface area (Å²) in [6.45, 7) is 4.05. The van der Waals surface area contributed by atoms with Crippen LogP contribution in [0, 0.1) is 5.82 Å². The highest BCUT2D eigenvalue weighted by Crippen LogP contribution is 2.41. The van der Waals surface area contributed by atoms with Crippen molar-refractivity contribution in [2.75, 3.05) is 63.1 Å². The average molecular weight is 893 g/mol. The van der Waals surface area contributed by atoms with E-state index in [9.17, 15) is 53.4 Å². The Hall–Kier alpha value is -7.17. The van der Waals surface area contributed by atoms with E-state index in [1.807, 2.05) is 0 Å². The zero-order chi connectivity index (χ0) is 45.3. The number of thioether (sulfide) groups is 1. The molecule has 3 saturated heterocycles. The second-order valence-corrected chi connectivity index (χ2v) is 15.7. The van der Waals surface area contributed by atoms with Crippen LogP contribution in [0.25, 0.3) is 10.9 Å². The van der Waals surface area contributed by atoms with Crippen molar-refractivity contribution in [2.24, 2.45) is 0 Å². The van der Waals surface area contributed by atoms with E-state index in [0.717, 1.165) is 22.7 Å². The number of halogens is 1. The van der Waals surface area contributed by atoms with Crippen LogP contribution in [-0.4, -0.2) is 152 Å². The number of aromatic nitrogens is 1. The number of fused-ring (bicyclic) bond motifs is 2. The van der Waals surface area contributed by atoms with Crippen LogP contribution in [-0.2, 0) is 35.2 Å². The van der Waals surface area contributed by atoms with Crippen LogP contribution in [0.4, 0.5) is 24.5 Å². The molecule has 21 nitrogen and oxygen atoms in total. The van der Waals surface area contributed by atoms with E-state index in [1.54, 1.807) is 53.6 Å². The van der Waals surface area contributed by atoms with Gasteiger partial charge in [-0.3, -0.25) is 33.8 Å². The molecule has 0 radical (unpaired) electrons. The Balaban J connectivity index is 0.988. The van der Waals surface area contributed by atoms with Crippen molar-refractivity contribution >= 4 is 76.2 Å². The minimum atomic E-state index is -1.75. The van der Waals surface area contributed by atoms with E-state index in [0.29, 0.717) is 22.5 Å². The quantitative estimate of drug-likeness (QED) is 0.121. The van der Waals surface area contributed by atoms with Gasteiger partial charge in [0.2, 0.25) is 17.2 Å². The molecule has 332 valence electrons. The van der Waals surface area contributed by atoms with Gasteiger partial charge in [-0.05, 0) is 31.5 Å². The van der Waals surface area contributed by atoms with Gasteiger partial charge in [-0.2, -0.15) is 0 Å². The van der Waals surface area contributed by atoms with E-state index in [1.165, 1.54) is 22.1 Å². The number of nitrogens with one attached hydrogen (secondary N) is 2. The van der Waals surface area contributed by atoms with Crippen molar-refractivity contribution in [1.82, 2.24) is 34.8 Å². The van der Waals surface area contributed by atoms with E-state index in [-0.39, 0.29) is 68.2 Å². The zero-order valence-corrected chi connectivity index (χ0v) is 34.6. The van der Waals surface area contributed by atoms with E-state index in [4.69, 9.17) is 9.47 Å². The number of benzene rings is 2. The van der Waals surface area contributed by atoms with Crippen molar-refractivity contribution < 1.29 is 62.4 Å². The monoisotopic (exact) mass is 892 g/mol. The SMILES string of the molecule is CCN1CCN(C(=O)NC(C(=O)N[C@@H]2C(=O)N3C(OC(=O)O)=C(COC(=O)N4CCN(c5cc6c(cc5F)c(=O)c(C(=O)O)cn6CC)CC4)CS[C@H]23)c2ccccc2)C(=O)C1=O. The molecule has 3 atom stereocenters. The Labute approximate surface area is 360 Å². The fourth-order valence-electron chi connectivity index (χ4n) is 7.69. The number of nitrogens with zero attached hydrogens (tertiary/aromatic N) is 6. The van der Waals surface area contributed by atoms with Crippen LogP contribution < -0.4 is 21.0 Å². The molecule has 4 aliphatic rings. The maximum absolute atomic E-state index is 15.4.